The first-order chi connectivity index (χ1) is 13.5. The van der Waals surface area contributed by atoms with Crippen molar-refractivity contribution in [2.24, 2.45) is 17.1 Å². The zero-order valence-electron chi connectivity index (χ0n) is 18.0. The van der Waals surface area contributed by atoms with Crippen LogP contribution in [0.25, 0.3) is 0 Å². The van der Waals surface area contributed by atoms with Crippen LogP contribution < -0.4 is 11.1 Å². The number of hydrogen-bond acceptors (Lipinski definition) is 3. The van der Waals surface area contributed by atoms with Crippen LogP contribution in [0.3, 0.4) is 0 Å². The fourth-order valence-electron chi connectivity index (χ4n) is 4.56. The average Bonchev–Trinajstić information content (AvgIpc) is 3.30. The largest absolute Gasteiger partial charge is 0.354 e. The Kier molecular flexibility index (Phi) is 10.9. The van der Waals surface area contributed by atoms with E-state index in [1.807, 2.05) is 35.3 Å². The standard InChI is InChI=1S/C23H34N4O.2ClH/c1-18(2)13-23(10-6-7-11-23)16-25-22(28)21(24)12-20-15-27(17-26-20)14-19-8-4-3-5-9-19;;/h3-5,8-9,15,17-18,21H,6-7,10-14,16,24H2,1-2H3,(H,25,28);2*1H/t21-;;/m0../s1. The van der Waals surface area contributed by atoms with Crippen molar-refractivity contribution in [1.29, 1.82) is 0 Å². The highest BCUT2D eigenvalue weighted by Crippen LogP contribution is 2.42. The number of rotatable bonds is 9. The third-order valence-electron chi connectivity index (χ3n) is 5.80. The van der Waals surface area contributed by atoms with Gasteiger partial charge in [-0.05, 0) is 36.2 Å². The number of nitrogens with two attached hydrogens (primary N) is 1. The topological polar surface area (TPSA) is 72.9 Å². The number of nitrogens with zero attached hydrogens (tertiary/aromatic N) is 2. The quantitative estimate of drug-likeness (QED) is 0.590. The number of benzene rings is 1. The molecule has 168 valence electrons. The number of nitrogens with one attached hydrogen (secondary N) is 1. The Morgan fingerprint density at radius 2 is 1.87 bits per heavy atom. The van der Waals surface area contributed by atoms with Crippen molar-refractivity contribution in [2.45, 2.75) is 65.0 Å². The van der Waals surface area contributed by atoms with Gasteiger partial charge in [-0.25, -0.2) is 4.98 Å². The van der Waals surface area contributed by atoms with Crippen molar-refractivity contribution in [3.8, 4) is 0 Å². The zero-order valence-corrected chi connectivity index (χ0v) is 19.7. The molecule has 1 aromatic heterocycles. The smallest absolute Gasteiger partial charge is 0.237 e. The molecule has 1 aliphatic carbocycles. The molecule has 1 aromatic carbocycles. The van der Waals surface area contributed by atoms with E-state index in [1.165, 1.54) is 37.7 Å². The molecule has 0 saturated heterocycles. The monoisotopic (exact) mass is 454 g/mol. The van der Waals surface area contributed by atoms with Crippen LogP contribution in [0.5, 0.6) is 0 Å². The fourth-order valence-corrected chi connectivity index (χ4v) is 4.56. The summed E-state index contributed by atoms with van der Waals surface area (Å²) in [4.78, 5) is 17.0. The molecule has 2 aromatic rings. The molecule has 1 aliphatic rings. The summed E-state index contributed by atoms with van der Waals surface area (Å²) >= 11 is 0. The average molecular weight is 455 g/mol. The van der Waals surface area contributed by atoms with Gasteiger partial charge in [-0.3, -0.25) is 4.79 Å². The first-order valence-electron chi connectivity index (χ1n) is 10.5. The predicted molar refractivity (Wildman–Crippen MR) is 127 cm³/mol. The van der Waals surface area contributed by atoms with E-state index in [4.69, 9.17) is 5.73 Å². The first-order valence-corrected chi connectivity index (χ1v) is 10.5. The number of amides is 1. The number of carbonyl (C=O) groups is 1. The van der Waals surface area contributed by atoms with Crippen molar-refractivity contribution in [3.05, 3.63) is 54.1 Å². The Labute approximate surface area is 193 Å². The van der Waals surface area contributed by atoms with Crippen LogP contribution in [0.2, 0.25) is 0 Å². The van der Waals surface area contributed by atoms with Gasteiger partial charge in [0, 0.05) is 25.7 Å². The molecule has 0 spiro atoms. The van der Waals surface area contributed by atoms with Crippen LogP contribution >= 0.6 is 24.8 Å². The molecule has 1 amide bonds. The van der Waals surface area contributed by atoms with Crippen molar-refractivity contribution < 1.29 is 4.79 Å². The molecule has 7 heteroatoms. The highest BCUT2D eigenvalue weighted by atomic mass is 35.5. The lowest BCUT2D eigenvalue weighted by molar-refractivity contribution is -0.122. The van der Waals surface area contributed by atoms with Crippen molar-refractivity contribution in [3.63, 3.8) is 0 Å². The summed E-state index contributed by atoms with van der Waals surface area (Å²) in [7, 11) is 0. The summed E-state index contributed by atoms with van der Waals surface area (Å²) < 4.78 is 2.03. The number of hydrogen-bond donors (Lipinski definition) is 2. The Hall–Kier alpha value is -1.56. The minimum atomic E-state index is -0.558. The van der Waals surface area contributed by atoms with Crippen LogP contribution in [0, 0.1) is 11.3 Å². The van der Waals surface area contributed by atoms with Crippen molar-refractivity contribution >= 4 is 30.7 Å². The highest BCUT2D eigenvalue weighted by molar-refractivity contribution is 5.85. The van der Waals surface area contributed by atoms with Crippen molar-refractivity contribution in [2.75, 3.05) is 6.54 Å². The molecule has 1 heterocycles. The van der Waals surface area contributed by atoms with Crippen molar-refractivity contribution in [1.82, 2.24) is 14.9 Å². The predicted octanol–water partition coefficient (Wildman–Crippen LogP) is 4.37. The van der Waals surface area contributed by atoms with Crippen LogP contribution in [-0.2, 0) is 17.8 Å². The molecular weight excluding hydrogens is 419 g/mol. The Balaban J connectivity index is 0.00000225. The molecular formula is C23H36Cl2N4O. The lowest BCUT2D eigenvalue weighted by Gasteiger charge is -2.31. The highest BCUT2D eigenvalue weighted by Gasteiger charge is 2.35. The summed E-state index contributed by atoms with van der Waals surface area (Å²) in [5, 5.41) is 3.14. The second-order valence-electron chi connectivity index (χ2n) is 8.86. The molecule has 0 radical (unpaired) electrons. The van der Waals surface area contributed by atoms with Gasteiger partial charge in [0.2, 0.25) is 5.91 Å². The Bertz CT molecular complexity index is 758. The summed E-state index contributed by atoms with van der Waals surface area (Å²) in [6, 6.07) is 9.70. The molecule has 1 saturated carbocycles. The van der Waals surface area contributed by atoms with E-state index in [1.54, 1.807) is 0 Å². The van der Waals surface area contributed by atoms with Gasteiger partial charge < -0.3 is 15.6 Å². The molecule has 0 unspecified atom stereocenters. The molecule has 0 aliphatic heterocycles. The summed E-state index contributed by atoms with van der Waals surface area (Å²) in [5.74, 6) is 0.588. The van der Waals surface area contributed by atoms with Crippen LogP contribution in [0.15, 0.2) is 42.9 Å². The molecule has 5 nitrogen and oxygen atoms in total. The molecule has 1 atom stereocenters. The van der Waals surface area contributed by atoms with E-state index in [0.717, 1.165) is 18.8 Å². The maximum Gasteiger partial charge on any atom is 0.237 e. The van der Waals surface area contributed by atoms with E-state index in [2.05, 4.69) is 36.3 Å². The van der Waals surface area contributed by atoms with Gasteiger partial charge in [0.05, 0.1) is 18.1 Å². The van der Waals surface area contributed by atoms with Gasteiger partial charge in [0.1, 0.15) is 0 Å². The molecule has 3 N–H and O–H groups in total. The fraction of sp³-hybridized carbons (Fsp3) is 0.565. The van der Waals surface area contributed by atoms with E-state index in [0.29, 0.717) is 12.3 Å². The second-order valence-corrected chi connectivity index (χ2v) is 8.86. The minimum absolute atomic E-state index is 0. The third-order valence-corrected chi connectivity index (χ3v) is 5.80. The van der Waals surface area contributed by atoms with Gasteiger partial charge in [-0.2, -0.15) is 0 Å². The van der Waals surface area contributed by atoms with Gasteiger partial charge in [-0.15, -0.1) is 24.8 Å². The normalized spacial score (nSPS) is 15.9. The molecule has 30 heavy (non-hydrogen) atoms. The van der Waals surface area contributed by atoms with Crippen LogP contribution in [-0.4, -0.2) is 28.0 Å². The lowest BCUT2D eigenvalue weighted by Crippen LogP contribution is -2.46. The number of carbonyl (C=O) groups excluding carboxylic acids is 1. The SMILES string of the molecule is CC(C)CC1(CNC(=O)[C@@H](N)Cc2cn(Cc3ccccc3)cn2)CCCC1.Cl.Cl. The third kappa shape index (κ3) is 7.60. The van der Waals surface area contributed by atoms with E-state index in [-0.39, 0.29) is 36.1 Å². The summed E-state index contributed by atoms with van der Waals surface area (Å²) in [6.45, 7) is 6.05. The molecule has 0 bridgehead atoms. The van der Waals surface area contributed by atoms with E-state index < -0.39 is 6.04 Å². The molecule has 1 fully saturated rings. The van der Waals surface area contributed by atoms with Crippen LogP contribution in [0.1, 0.15) is 57.2 Å². The summed E-state index contributed by atoms with van der Waals surface area (Å²) in [6.07, 6.45) is 10.4. The molecule has 3 rings (SSSR count). The summed E-state index contributed by atoms with van der Waals surface area (Å²) in [5.41, 5.74) is 8.52. The lowest BCUT2D eigenvalue weighted by atomic mass is 9.78. The maximum atomic E-state index is 12.6. The number of halogens is 2. The maximum absolute atomic E-state index is 12.6. The second kappa shape index (κ2) is 12.3. The minimum Gasteiger partial charge on any atom is -0.354 e. The number of imidazole rings is 1. The van der Waals surface area contributed by atoms with E-state index >= 15 is 0 Å². The Morgan fingerprint density at radius 3 is 2.50 bits per heavy atom. The first kappa shape index (κ1) is 26.5. The van der Waals surface area contributed by atoms with Gasteiger partial charge >= 0.3 is 0 Å². The van der Waals surface area contributed by atoms with Gasteiger partial charge in [-0.1, -0.05) is 57.0 Å². The van der Waals surface area contributed by atoms with Gasteiger partial charge in [0.15, 0.2) is 0 Å². The number of aromatic nitrogens is 2. The van der Waals surface area contributed by atoms with Crippen LogP contribution in [0.4, 0.5) is 0 Å². The zero-order chi connectivity index (χ0) is 20.0. The van der Waals surface area contributed by atoms with Gasteiger partial charge in [0.25, 0.3) is 0 Å². The Morgan fingerprint density at radius 1 is 1.20 bits per heavy atom. The van der Waals surface area contributed by atoms with E-state index in [9.17, 15) is 4.79 Å².